The average Bonchev–Trinajstić information content (AvgIpc) is 3.61. The number of thiazole rings is 1. The van der Waals surface area contributed by atoms with E-state index in [0.29, 0.717) is 23.1 Å². The zero-order valence-electron chi connectivity index (χ0n) is 19.4. The number of carbonyl (C=O) groups excluding carboxylic acids is 2. The number of aryl methyl sites for hydroxylation is 1. The minimum absolute atomic E-state index is 0.0410. The van der Waals surface area contributed by atoms with Crippen LogP contribution in [0, 0.1) is 0 Å². The van der Waals surface area contributed by atoms with Crippen LogP contribution in [0.4, 0.5) is 5.13 Å². The molecule has 8 heteroatoms. The first kappa shape index (κ1) is 22.9. The first-order chi connectivity index (χ1) is 17.0. The number of fused-ring (bicyclic) bond motifs is 1. The minimum Gasteiger partial charge on any atom is -0.503 e. The second-order valence-electron chi connectivity index (χ2n) is 8.22. The number of Topliss-reactive ketones (excluding diaryl/α,β-unsaturated/α-hetero) is 1. The molecule has 2 aromatic carbocycles. The van der Waals surface area contributed by atoms with Crippen molar-refractivity contribution in [2.45, 2.75) is 32.7 Å². The molecule has 178 valence electrons. The molecule has 0 saturated heterocycles. The number of anilines is 1. The van der Waals surface area contributed by atoms with Gasteiger partial charge in [-0.3, -0.25) is 14.5 Å². The van der Waals surface area contributed by atoms with Gasteiger partial charge in [-0.1, -0.05) is 43.4 Å². The summed E-state index contributed by atoms with van der Waals surface area (Å²) in [6.07, 6.45) is 3.14. The molecule has 0 bridgehead atoms. The lowest BCUT2D eigenvalue weighted by atomic mass is 9.95. The Kier molecular flexibility index (Phi) is 6.13. The van der Waals surface area contributed by atoms with Crippen molar-refractivity contribution in [3.05, 3.63) is 89.1 Å². The third-order valence-electron chi connectivity index (χ3n) is 5.92. The molecule has 0 spiro atoms. The van der Waals surface area contributed by atoms with Crippen LogP contribution in [0.25, 0.3) is 10.2 Å². The van der Waals surface area contributed by atoms with Crippen molar-refractivity contribution in [1.29, 1.82) is 0 Å². The summed E-state index contributed by atoms with van der Waals surface area (Å²) in [6.45, 7) is 4.69. The van der Waals surface area contributed by atoms with Crippen LogP contribution in [0.3, 0.4) is 0 Å². The maximum Gasteiger partial charge on any atom is 0.296 e. The molecule has 7 nitrogen and oxygen atoms in total. The highest BCUT2D eigenvalue weighted by Gasteiger charge is 2.46. The van der Waals surface area contributed by atoms with Crippen molar-refractivity contribution in [2.75, 3.05) is 11.5 Å². The van der Waals surface area contributed by atoms with Gasteiger partial charge in [0.2, 0.25) is 5.78 Å². The van der Waals surface area contributed by atoms with E-state index in [1.807, 2.05) is 25.1 Å². The third-order valence-corrected chi connectivity index (χ3v) is 6.94. The number of ether oxygens (including phenoxy) is 1. The van der Waals surface area contributed by atoms with Crippen LogP contribution in [0.2, 0.25) is 0 Å². The quantitative estimate of drug-likeness (QED) is 0.305. The first-order valence-corrected chi connectivity index (χ1v) is 12.3. The molecule has 1 amide bonds. The number of carbonyl (C=O) groups is 2. The zero-order valence-corrected chi connectivity index (χ0v) is 20.2. The molecule has 3 heterocycles. The molecule has 0 fully saturated rings. The smallest absolute Gasteiger partial charge is 0.296 e. The summed E-state index contributed by atoms with van der Waals surface area (Å²) in [4.78, 5) is 32.8. The van der Waals surface area contributed by atoms with Crippen molar-refractivity contribution in [2.24, 2.45) is 0 Å². The normalized spacial score (nSPS) is 15.9. The summed E-state index contributed by atoms with van der Waals surface area (Å²) in [7, 11) is 0. The number of amides is 1. The summed E-state index contributed by atoms with van der Waals surface area (Å²) in [5, 5.41) is 11.3. The van der Waals surface area contributed by atoms with Gasteiger partial charge in [0.15, 0.2) is 16.7 Å². The Labute approximate surface area is 206 Å². The highest BCUT2D eigenvalue weighted by Crippen LogP contribution is 2.44. The van der Waals surface area contributed by atoms with Gasteiger partial charge in [0, 0.05) is 0 Å². The fourth-order valence-electron chi connectivity index (χ4n) is 4.14. The number of benzene rings is 2. The maximum atomic E-state index is 13.4. The van der Waals surface area contributed by atoms with E-state index in [0.717, 1.165) is 28.6 Å². The molecule has 1 aliphatic heterocycles. The number of rotatable bonds is 8. The van der Waals surface area contributed by atoms with Crippen molar-refractivity contribution < 1.29 is 23.8 Å². The Morgan fingerprint density at radius 3 is 2.66 bits per heavy atom. The summed E-state index contributed by atoms with van der Waals surface area (Å²) >= 11 is 1.35. The van der Waals surface area contributed by atoms with E-state index in [1.54, 1.807) is 30.3 Å². The van der Waals surface area contributed by atoms with Gasteiger partial charge in [-0.15, -0.1) is 0 Å². The van der Waals surface area contributed by atoms with Gasteiger partial charge in [-0.2, -0.15) is 0 Å². The summed E-state index contributed by atoms with van der Waals surface area (Å²) < 4.78 is 11.9. The van der Waals surface area contributed by atoms with Gasteiger partial charge in [0.25, 0.3) is 5.91 Å². The number of aliphatic hydroxyl groups is 1. The van der Waals surface area contributed by atoms with Crippen molar-refractivity contribution in [1.82, 2.24) is 4.98 Å². The van der Waals surface area contributed by atoms with Gasteiger partial charge in [-0.25, -0.2) is 4.98 Å². The molecule has 35 heavy (non-hydrogen) atoms. The molecule has 5 rings (SSSR count). The average molecular weight is 489 g/mol. The first-order valence-electron chi connectivity index (χ1n) is 11.5. The minimum atomic E-state index is -0.869. The van der Waals surface area contributed by atoms with E-state index in [9.17, 15) is 14.7 Å². The van der Waals surface area contributed by atoms with Gasteiger partial charge in [0.05, 0.1) is 34.7 Å². The van der Waals surface area contributed by atoms with Gasteiger partial charge >= 0.3 is 0 Å². The summed E-state index contributed by atoms with van der Waals surface area (Å²) in [6, 6.07) is 15.4. The van der Waals surface area contributed by atoms with Crippen LogP contribution in [0.1, 0.15) is 48.0 Å². The number of aliphatic hydroxyl groups excluding tert-OH is 1. The fourth-order valence-corrected chi connectivity index (χ4v) is 5.19. The van der Waals surface area contributed by atoms with E-state index in [-0.39, 0.29) is 11.3 Å². The van der Waals surface area contributed by atoms with Crippen LogP contribution in [0.5, 0.6) is 5.75 Å². The third kappa shape index (κ3) is 4.10. The van der Waals surface area contributed by atoms with E-state index in [4.69, 9.17) is 9.15 Å². The Morgan fingerprint density at radius 2 is 1.97 bits per heavy atom. The molecular formula is C27H24N2O5S. The number of nitrogens with zero attached hydrogens (tertiary/aromatic N) is 2. The van der Waals surface area contributed by atoms with E-state index in [1.165, 1.54) is 28.6 Å². The Hall–Kier alpha value is -3.91. The van der Waals surface area contributed by atoms with Crippen LogP contribution >= 0.6 is 11.3 Å². The molecule has 0 unspecified atom stereocenters. The Balaban J connectivity index is 1.61. The van der Waals surface area contributed by atoms with Gasteiger partial charge in [0.1, 0.15) is 5.75 Å². The molecule has 1 N–H and O–H groups in total. The van der Waals surface area contributed by atoms with Crippen LogP contribution in [-0.4, -0.2) is 28.4 Å². The van der Waals surface area contributed by atoms with E-state index in [2.05, 4.69) is 11.9 Å². The maximum absolute atomic E-state index is 13.4. The molecule has 0 radical (unpaired) electrons. The number of hydrogen-bond acceptors (Lipinski definition) is 7. The lowest BCUT2D eigenvalue weighted by Gasteiger charge is -2.24. The fraction of sp³-hybridized carbons (Fsp3) is 0.222. The number of hydrogen-bond donors (Lipinski definition) is 1. The van der Waals surface area contributed by atoms with Crippen LogP contribution in [-0.2, 0) is 11.2 Å². The van der Waals surface area contributed by atoms with Crippen molar-refractivity contribution in [3.63, 3.8) is 0 Å². The highest BCUT2D eigenvalue weighted by molar-refractivity contribution is 7.22. The van der Waals surface area contributed by atoms with Gasteiger partial charge in [-0.05, 0) is 60.4 Å². The van der Waals surface area contributed by atoms with Gasteiger partial charge < -0.3 is 14.3 Å². The predicted octanol–water partition coefficient (Wildman–Crippen LogP) is 6.02. The van der Waals surface area contributed by atoms with Crippen molar-refractivity contribution in [3.8, 4) is 5.75 Å². The molecule has 2 aromatic heterocycles. The van der Waals surface area contributed by atoms with Crippen LogP contribution < -0.4 is 9.64 Å². The zero-order chi connectivity index (χ0) is 24.5. The molecular weight excluding hydrogens is 464 g/mol. The lowest BCUT2D eigenvalue weighted by molar-refractivity contribution is -0.117. The predicted molar refractivity (Wildman–Crippen MR) is 134 cm³/mol. The standard InChI is InChI=1S/C27H24N2O5S/c1-3-13-33-18-10-8-17(9-11-18)23-22(24(30)20-6-5-14-34-20)25(31)26(32)29(23)27-28-19-12-7-16(4-2)15-21(19)35-27/h5-12,14-15,23,31H,3-4,13H2,1-2H3/t23-/m1/s1. The second kappa shape index (κ2) is 9.38. The SMILES string of the molecule is CCCOc1ccc([C@@H]2C(C(=O)c3ccco3)=C(O)C(=O)N2c2nc3ccc(CC)cc3s2)cc1. The molecule has 4 aromatic rings. The highest BCUT2D eigenvalue weighted by atomic mass is 32.1. The number of ketones is 1. The number of furan rings is 1. The monoisotopic (exact) mass is 488 g/mol. The second-order valence-corrected chi connectivity index (χ2v) is 9.23. The molecule has 1 atom stereocenters. The Morgan fingerprint density at radius 1 is 1.17 bits per heavy atom. The van der Waals surface area contributed by atoms with E-state index >= 15 is 0 Å². The largest absolute Gasteiger partial charge is 0.503 e. The Bertz CT molecular complexity index is 1420. The van der Waals surface area contributed by atoms with E-state index < -0.39 is 23.5 Å². The lowest BCUT2D eigenvalue weighted by Crippen LogP contribution is -2.30. The molecule has 0 saturated carbocycles. The topological polar surface area (TPSA) is 92.9 Å². The molecule has 1 aliphatic rings. The molecule has 0 aliphatic carbocycles. The summed E-state index contributed by atoms with van der Waals surface area (Å²) in [5.74, 6) is -1.09. The van der Waals surface area contributed by atoms with Crippen LogP contribution in [0.15, 0.2) is 76.6 Å². The number of aromatic nitrogens is 1. The summed E-state index contributed by atoms with van der Waals surface area (Å²) in [5.41, 5.74) is 2.52. The van der Waals surface area contributed by atoms with Crippen molar-refractivity contribution >= 4 is 38.4 Å².